The van der Waals surface area contributed by atoms with Crippen LogP contribution in [0.15, 0.2) is 18.3 Å². The normalized spacial score (nSPS) is 10.3. The summed E-state index contributed by atoms with van der Waals surface area (Å²) in [5.74, 6) is 0.00190. The van der Waals surface area contributed by atoms with Crippen LogP contribution in [0.25, 0.3) is 0 Å². The van der Waals surface area contributed by atoms with E-state index in [1.165, 1.54) is 6.07 Å². The van der Waals surface area contributed by atoms with Gasteiger partial charge in [-0.3, -0.25) is 0 Å². The lowest BCUT2D eigenvalue weighted by molar-refractivity contribution is 0.205. The van der Waals surface area contributed by atoms with Gasteiger partial charge in [0.05, 0.1) is 6.61 Å². The molecule has 0 saturated carbocycles. The summed E-state index contributed by atoms with van der Waals surface area (Å²) in [6.45, 7) is 2.13. The van der Waals surface area contributed by atoms with Crippen LogP contribution in [0.2, 0.25) is 0 Å². The Bertz CT molecular complexity index is 296. The highest BCUT2D eigenvalue weighted by Gasteiger charge is 2.11. The summed E-state index contributed by atoms with van der Waals surface area (Å²) in [6.07, 6.45) is 1.56. The maximum Gasteiger partial charge on any atom is 0.165 e. The molecule has 0 aliphatic carbocycles. The molecule has 0 aliphatic rings. The van der Waals surface area contributed by atoms with E-state index in [4.69, 9.17) is 10.5 Å². The molecule has 2 N–H and O–H groups in total. The van der Waals surface area contributed by atoms with Crippen molar-refractivity contribution >= 4 is 5.82 Å². The van der Waals surface area contributed by atoms with E-state index in [1.807, 2.05) is 0 Å². The van der Waals surface area contributed by atoms with Crippen molar-refractivity contribution in [1.82, 2.24) is 4.98 Å². The summed E-state index contributed by atoms with van der Waals surface area (Å²) in [4.78, 5) is 5.77. The van der Waals surface area contributed by atoms with Gasteiger partial charge in [0.15, 0.2) is 11.6 Å². The first-order valence-electron chi connectivity index (χ1n) is 4.84. The van der Waals surface area contributed by atoms with E-state index >= 15 is 0 Å². The van der Waals surface area contributed by atoms with Crippen molar-refractivity contribution in [3.63, 3.8) is 0 Å². The Morgan fingerprint density at radius 2 is 2.33 bits per heavy atom. The third-order valence-corrected chi connectivity index (χ3v) is 2.00. The van der Waals surface area contributed by atoms with Gasteiger partial charge in [-0.15, -0.1) is 0 Å². The number of halogens is 1. The summed E-state index contributed by atoms with van der Waals surface area (Å²) in [5.41, 5.74) is 5.46. The van der Waals surface area contributed by atoms with Crippen LogP contribution in [0.5, 0.6) is 0 Å². The first-order valence-corrected chi connectivity index (χ1v) is 4.84. The SMILES string of the molecule is COCCN(CCN)c1ncccc1F. The van der Waals surface area contributed by atoms with Gasteiger partial charge < -0.3 is 15.4 Å². The molecule has 0 fully saturated rings. The first-order chi connectivity index (χ1) is 7.29. The largest absolute Gasteiger partial charge is 0.383 e. The summed E-state index contributed by atoms with van der Waals surface area (Å²) < 4.78 is 18.4. The molecule has 0 bridgehead atoms. The number of anilines is 1. The molecular weight excluding hydrogens is 197 g/mol. The molecule has 0 atom stereocenters. The number of ether oxygens (including phenoxy) is 1. The lowest BCUT2D eigenvalue weighted by Crippen LogP contribution is -2.33. The zero-order chi connectivity index (χ0) is 11.1. The fourth-order valence-electron chi connectivity index (χ4n) is 1.29. The number of nitrogens with two attached hydrogens (primary N) is 1. The summed E-state index contributed by atoms with van der Waals surface area (Å²) in [5, 5.41) is 0. The molecule has 0 amide bonds. The number of rotatable bonds is 6. The fourth-order valence-corrected chi connectivity index (χ4v) is 1.29. The lowest BCUT2D eigenvalue weighted by atomic mass is 10.4. The summed E-state index contributed by atoms with van der Waals surface area (Å²) >= 11 is 0. The van der Waals surface area contributed by atoms with Crippen molar-refractivity contribution in [1.29, 1.82) is 0 Å². The van der Waals surface area contributed by atoms with Gasteiger partial charge in [-0.05, 0) is 12.1 Å². The number of pyridine rings is 1. The molecule has 0 unspecified atom stereocenters. The highest BCUT2D eigenvalue weighted by molar-refractivity contribution is 5.39. The Morgan fingerprint density at radius 1 is 1.53 bits per heavy atom. The topological polar surface area (TPSA) is 51.4 Å². The van der Waals surface area contributed by atoms with Crippen LogP contribution in [-0.2, 0) is 4.74 Å². The van der Waals surface area contributed by atoms with Crippen LogP contribution in [-0.4, -0.2) is 38.3 Å². The molecule has 1 rings (SSSR count). The predicted octanol–water partition coefficient (Wildman–Crippen LogP) is 0.632. The molecule has 1 aromatic rings. The van der Waals surface area contributed by atoms with Crippen LogP contribution in [0.3, 0.4) is 0 Å². The number of aromatic nitrogens is 1. The van der Waals surface area contributed by atoms with Crippen molar-refractivity contribution < 1.29 is 9.13 Å². The number of methoxy groups -OCH3 is 1. The van der Waals surface area contributed by atoms with E-state index < -0.39 is 0 Å². The van der Waals surface area contributed by atoms with Gasteiger partial charge in [0, 0.05) is 32.9 Å². The maximum atomic E-state index is 13.4. The molecule has 0 aromatic carbocycles. The molecule has 0 spiro atoms. The van der Waals surface area contributed by atoms with Gasteiger partial charge in [-0.2, -0.15) is 0 Å². The van der Waals surface area contributed by atoms with Gasteiger partial charge >= 0.3 is 0 Å². The molecule has 15 heavy (non-hydrogen) atoms. The van der Waals surface area contributed by atoms with E-state index in [0.29, 0.717) is 32.1 Å². The smallest absolute Gasteiger partial charge is 0.165 e. The zero-order valence-electron chi connectivity index (χ0n) is 8.82. The minimum absolute atomic E-state index is 0.331. The van der Waals surface area contributed by atoms with E-state index in [1.54, 1.807) is 24.3 Å². The molecule has 1 aromatic heterocycles. The predicted molar refractivity (Wildman–Crippen MR) is 57.3 cm³/mol. The Labute approximate surface area is 88.9 Å². The Morgan fingerprint density at radius 3 is 2.93 bits per heavy atom. The van der Waals surface area contributed by atoms with E-state index in [-0.39, 0.29) is 5.82 Å². The molecule has 4 nitrogen and oxygen atoms in total. The monoisotopic (exact) mass is 213 g/mol. The molecule has 84 valence electrons. The first kappa shape index (κ1) is 11.9. The number of hydrogen-bond acceptors (Lipinski definition) is 4. The van der Waals surface area contributed by atoms with Crippen LogP contribution < -0.4 is 10.6 Å². The molecule has 0 aliphatic heterocycles. The van der Waals surface area contributed by atoms with E-state index in [9.17, 15) is 4.39 Å². The molecule has 0 radical (unpaired) electrons. The number of hydrogen-bond donors (Lipinski definition) is 1. The molecule has 0 saturated heterocycles. The third-order valence-electron chi connectivity index (χ3n) is 2.00. The minimum atomic E-state index is -0.331. The number of nitrogens with zero attached hydrogens (tertiary/aromatic N) is 2. The lowest BCUT2D eigenvalue weighted by Gasteiger charge is -2.22. The average molecular weight is 213 g/mol. The highest BCUT2D eigenvalue weighted by Crippen LogP contribution is 2.14. The van der Waals surface area contributed by atoms with Gasteiger partial charge in [0.25, 0.3) is 0 Å². The standard InChI is InChI=1S/C10H16FN3O/c1-15-8-7-14(6-4-12)10-9(11)3-2-5-13-10/h2-3,5H,4,6-8,12H2,1H3. The van der Waals surface area contributed by atoms with E-state index in [2.05, 4.69) is 4.98 Å². The van der Waals surface area contributed by atoms with Gasteiger partial charge in [-0.1, -0.05) is 0 Å². The minimum Gasteiger partial charge on any atom is -0.383 e. The molecule has 5 heteroatoms. The quantitative estimate of drug-likeness (QED) is 0.753. The van der Waals surface area contributed by atoms with Gasteiger partial charge in [0.1, 0.15) is 0 Å². The third kappa shape index (κ3) is 3.45. The molecular formula is C10H16FN3O. The van der Waals surface area contributed by atoms with Crippen molar-refractivity contribution in [2.75, 3.05) is 38.3 Å². The molecule has 1 heterocycles. The van der Waals surface area contributed by atoms with Crippen LogP contribution >= 0.6 is 0 Å². The second-order valence-corrected chi connectivity index (χ2v) is 3.08. The van der Waals surface area contributed by atoms with Crippen molar-refractivity contribution in [3.05, 3.63) is 24.1 Å². The second kappa shape index (κ2) is 6.31. The van der Waals surface area contributed by atoms with Crippen molar-refractivity contribution in [2.45, 2.75) is 0 Å². The zero-order valence-corrected chi connectivity index (χ0v) is 8.82. The second-order valence-electron chi connectivity index (χ2n) is 3.08. The van der Waals surface area contributed by atoms with Crippen molar-refractivity contribution in [2.24, 2.45) is 5.73 Å². The highest BCUT2D eigenvalue weighted by atomic mass is 19.1. The summed E-state index contributed by atoms with van der Waals surface area (Å²) in [7, 11) is 1.61. The van der Waals surface area contributed by atoms with Crippen LogP contribution in [0.4, 0.5) is 10.2 Å². The Hall–Kier alpha value is -1.20. The van der Waals surface area contributed by atoms with Gasteiger partial charge in [0.2, 0.25) is 0 Å². The van der Waals surface area contributed by atoms with Crippen LogP contribution in [0.1, 0.15) is 0 Å². The average Bonchev–Trinajstić information content (AvgIpc) is 2.25. The van der Waals surface area contributed by atoms with Gasteiger partial charge in [-0.25, -0.2) is 9.37 Å². The fraction of sp³-hybridized carbons (Fsp3) is 0.500. The Balaban J connectivity index is 2.74. The maximum absolute atomic E-state index is 13.4. The van der Waals surface area contributed by atoms with E-state index in [0.717, 1.165) is 0 Å². The Kier molecular flexibility index (Phi) is 5.00. The van der Waals surface area contributed by atoms with Crippen LogP contribution in [0, 0.1) is 5.82 Å². The summed E-state index contributed by atoms with van der Waals surface area (Å²) in [6, 6.07) is 2.95. The van der Waals surface area contributed by atoms with Crippen molar-refractivity contribution in [3.8, 4) is 0 Å².